The zero-order chi connectivity index (χ0) is 12.0. The Morgan fingerprint density at radius 3 is 2.38 bits per heavy atom. The van der Waals surface area contributed by atoms with Crippen LogP contribution in [0, 0.1) is 11.8 Å². The van der Waals surface area contributed by atoms with E-state index in [-0.39, 0.29) is 0 Å². The number of likely N-dealkylation sites (tertiary alicyclic amines) is 1. The van der Waals surface area contributed by atoms with Gasteiger partial charge >= 0.3 is 0 Å². The van der Waals surface area contributed by atoms with Gasteiger partial charge in [-0.2, -0.15) is 0 Å². The molecule has 0 aromatic heterocycles. The van der Waals surface area contributed by atoms with Crippen LogP contribution in [0.3, 0.4) is 0 Å². The number of rotatable bonds is 6. The molecule has 3 heteroatoms. The van der Waals surface area contributed by atoms with Gasteiger partial charge in [-0.3, -0.25) is 4.90 Å². The molecule has 0 aromatic rings. The van der Waals surface area contributed by atoms with Crippen LogP contribution in [0.5, 0.6) is 0 Å². The molecule has 0 aliphatic carbocycles. The van der Waals surface area contributed by atoms with E-state index in [2.05, 4.69) is 18.7 Å². The number of nitrogens with zero attached hydrogens (tertiary/aromatic N) is 1. The van der Waals surface area contributed by atoms with Gasteiger partial charge in [0.05, 0.1) is 6.61 Å². The van der Waals surface area contributed by atoms with Crippen LogP contribution in [-0.4, -0.2) is 44.3 Å². The Morgan fingerprint density at radius 2 is 1.94 bits per heavy atom. The molecular weight excluding hydrogens is 200 g/mol. The normalized spacial score (nSPS) is 21.6. The van der Waals surface area contributed by atoms with Gasteiger partial charge in [0.25, 0.3) is 0 Å². The van der Waals surface area contributed by atoms with Crippen LogP contribution in [0.15, 0.2) is 0 Å². The largest absolute Gasteiger partial charge is 0.383 e. The van der Waals surface area contributed by atoms with Gasteiger partial charge in [0.2, 0.25) is 0 Å². The van der Waals surface area contributed by atoms with E-state index in [1.54, 1.807) is 7.11 Å². The average molecular weight is 228 g/mol. The van der Waals surface area contributed by atoms with Crippen LogP contribution in [0.2, 0.25) is 0 Å². The van der Waals surface area contributed by atoms with E-state index in [0.29, 0.717) is 12.0 Å². The second kappa shape index (κ2) is 7.25. The monoisotopic (exact) mass is 228 g/mol. The molecule has 0 saturated carbocycles. The Balaban J connectivity index is 2.38. The molecule has 16 heavy (non-hydrogen) atoms. The molecule has 1 aliphatic rings. The molecule has 2 N–H and O–H groups in total. The number of methoxy groups -OCH3 is 1. The second-order valence-corrected chi connectivity index (χ2v) is 5.32. The van der Waals surface area contributed by atoms with Crippen LogP contribution in [0.25, 0.3) is 0 Å². The first-order valence-electron chi connectivity index (χ1n) is 6.62. The Morgan fingerprint density at radius 1 is 1.31 bits per heavy atom. The SMILES string of the molecule is COCC(C(C)C)N1CCC(CCN)CC1. The molecule has 0 radical (unpaired) electrons. The molecule has 0 spiro atoms. The lowest BCUT2D eigenvalue weighted by atomic mass is 9.91. The first-order valence-corrected chi connectivity index (χ1v) is 6.62. The van der Waals surface area contributed by atoms with Crippen molar-refractivity contribution in [2.24, 2.45) is 17.6 Å². The third kappa shape index (κ3) is 4.04. The lowest BCUT2D eigenvalue weighted by Gasteiger charge is -2.39. The van der Waals surface area contributed by atoms with Gasteiger partial charge in [0.1, 0.15) is 0 Å². The van der Waals surface area contributed by atoms with Crippen LogP contribution in [-0.2, 0) is 4.74 Å². The highest BCUT2D eigenvalue weighted by Gasteiger charge is 2.26. The van der Waals surface area contributed by atoms with E-state index in [9.17, 15) is 0 Å². The summed E-state index contributed by atoms with van der Waals surface area (Å²) < 4.78 is 5.33. The minimum absolute atomic E-state index is 0.587. The maximum absolute atomic E-state index is 5.62. The molecule has 1 rings (SSSR count). The van der Waals surface area contributed by atoms with Gasteiger partial charge in [-0.05, 0) is 50.7 Å². The third-order valence-electron chi connectivity index (χ3n) is 3.80. The van der Waals surface area contributed by atoms with Gasteiger partial charge < -0.3 is 10.5 Å². The van der Waals surface area contributed by atoms with E-state index >= 15 is 0 Å². The number of hydrogen-bond acceptors (Lipinski definition) is 3. The Bertz CT molecular complexity index is 177. The molecule has 1 heterocycles. The Labute approximate surface area is 100 Å². The highest BCUT2D eigenvalue weighted by Crippen LogP contribution is 2.23. The van der Waals surface area contributed by atoms with E-state index in [4.69, 9.17) is 10.5 Å². The summed E-state index contributed by atoms with van der Waals surface area (Å²) in [5, 5.41) is 0. The second-order valence-electron chi connectivity index (χ2n) is 5.32. The molecule has 1 atom stereocenters. The lowest BCUT2D eigenvalue weighted by molar-refractivity contribution is 0.0411. The van der Waals surface area contributed by atoms with Crippen LogP contribution in [0.4, 0.5) is 0 Å². The van der Waals surface area contributed by atoms with Crippen molar-refractivity contribution in [2.45, 2.75) is 39.2 Å². The summed E-state index contributed by atoms with van der Waals surface area (Å²) in [6, 6.07) is 0.587. The maximum atomic E-state index is 5.62. The molecule has 3 nitrogen and oxygen atoms in total. The topological polar surface area (TPSA) is 38.5 Å². The van der Waals surface area contributed by atoms with Crippen LogP contribution >= 0.6 is 0 Å². The molecular formula is C13H28N2O. The highest BCUT2D eigenvalue weighted by molar-refractivity contribution is 4.80. The smallest absolute Gasteiger partial charge is 0.0620 e. The van der Waals surface area contributed by atoms with Crippen molar-refractivity contribution in [1.82, 2.24) is 4.90 Å². The van der Waals surface area contributed by atoms with Crippen LogP contribution < -0.4 is 5.73 Å². The molecule has 1 aliphatic heterocycles. The van der Waals surface area contributed by atoms with Crippen molar-refractivity contribution in [3.8, 4) is 0 Å². The van der Waals surface area contributed by atoms with Crippen molar-refractivity contribution in [3.05, 3.63) is 0 Å². The van der Waals surface area contributed by atoms with Crippen molar-refractivity contribution in [1.29, 1.82) is 0 Å². The summed E-state index contributed by atoms with van der Waals surface area (Å²) in [6.07, 6.45) is 3.82. The van der Waals surface area contributed by atoms with E-state index in [1.165, 1.54) is 32.4 Å². The van der Waals surface area contributed by atoms with E-state index < -0.39 is 0 Å². The fourth-order valence-corrected chi connectivity index (χ4v) is 2.70. The molecule has 96 valence electrons. The molecule has 0 amide bonds. The standard InChI is InChI=1S/C13H28N2O/c1-11(2)13(10-16-3)15-8-5-12(4-7-14)6-9-15/h11-13H,4-10,14H2,1-3H3. The number of piperidine rings is 1. The van der Waals surface area contributed by atoms with Crippen LogP contribution in [0.1, 0.15) is 33.1 Å². The predicted octanol–water partition coefficient (Wildman–Crippen LogP) is 1.72. The van der Waals surface area contributed by atoms with Gasteiger partial charge in [0.15, 0.2) is 0 Å². The minimum Gasteiger partial charge on any atom is -0.383 e. The van der Waals surface area contributed by atoms with Crippen molar-refractivity contribution >= 4 is 0 Å². The van der Waals surface area contributed by atoms with E-state index in [1.807, 2.05) is 0 Å². The fourth-order valence-electron chi connectivity index (χ4n) is 2.70. The molecule has 0 bridgehead atoms. The van der Waals surface area contributed by atoms with E-state index in [0.717, 1.165) is 19.1 Å². The Kier molecular flexibility index (Phi) is 6.32. The van der Waals surface area contributed by atoms with Crippen molar-refractivity contribution in [3.63, 3.8) is 0 Å². The van der Waals surface area contributed by atoms with Gasteiger partial charge in [-0.15, -0.1) is 0 Å². The van der Waals surface area contributed by atoms with Gasteiger partial charge in [-0.25, -0.2) is 0 Å². The summed E-state index contributed by atoms with van der Waals surface area (Å²) in [5.74, 6) is 1.53. The summed E-state index contributed by atoms with van der Waals surface area (Å²) >= 11 is 0. The fraction of sp³-hybridized carbons (Fsp3) is 1.00. The van der Waals surface area contributed by atoms with Crippen molar-refractivity contribution < 1.29 is 4.74 Å². The lowest BCUT2D eigenvalue weighted by Crippen LogP contribution is -2.46. The molecule has 0 aromatic carbocycles. The summed E-state index contributed by atoms with van der Waals surface area (Å²) in [7, 11) is 1.80. The molecule has 1 fully saturated rings. The van der Waals surface area contributed by atoms with Gasteiger partial charge in [-0.1, -0.05) is 13.8 Å². The van der Waals surface area contributed by atoms with Gasteiger partial charge in [0, 0.05) is 13.2 Å². The highest BCUT2D eigenvalue weighted by atomic mass is 16.5. The van der Waals surface area contributed by atoms with Crippen molar-refractivity contribution in [2.75, 3.05) is 33.4 Å². The third-order valence-corrected chi connectivity index (χ3v) is 3.80. The Hall–Kier alpha value is -0.120. The zero-order valence-electron chi connectivity index (χ0n) is 11.1. The number of hydrogen-bond donors (Lipinski definition) is 1. The first kappa shape index (κ1) is 13.9. The number of nitrogens with two attached hydrogens (primary N) is 1. The first-order chi connectivity index (χ1) is 7.69. The molecule has 1 saturated heterocycles. The summed E-state index contributed by atoms with van der Waals surface area (Å²) in [4.78, 5) is 2.60. The zero-order valence-corrected chi connectivity index (χ0v) is 11.1. The minimum atomic E-state index is 0.587. The predicted molar refractivity (Wildman–Crippen MR) is 68.5 cm³/mol. The molecule has 1 unspecified atom stereocenters. The quantitative estimate of drug-likeness (QED) is 0.752. The average Bonchev–Trinajstić information content (AvgIpc) is 2.27. The number of ether oxygens (including phenoxy) is 1. The summed E-state index contributed by atoms with van der Waals surface area (Å²) in [6.45, 7) is 8.72. The summed E-state index contributed by atoms with van der Waals surface area (Å²) in [5.41, 5.74) is 5.62. The maximum Gasteiger partial charge on any atom is 0.0620 e.